The van der Waals surface area contributed by atoms with Crippen molar-refractivity contribution in [2.24, 2.45) is 0 Å². The fraction of sp³-hybridized carbons (Fsp3) is 0.111. The molecule has 0 saturated heterocycles. The Morgan fingerprint density at radius 2 is 1.96 bits per heavy atom. The highest BCUT2D eigenvalue weighted by Gasteiger charge is 2.11. The van der Waals surface area contributed by atoms with E-state index in [1.165, 1.54) is 6.07 Å². The molecule has 0 spiro atoms. The van der Waals surface area contributed by atoms with Crippen molar-refractivity contribution in [1.82, 2.24) is 15.2 Å². The van der Waals surface area contributed by atoms with Gasteiger partial charge < -0.3 is 10.1 Å². The quantitative estimate of drug-likeness (QED) is 0.538. The molecule has 0 radical (unpaired) electrons. The van der Waals surface area contributed by atoms with E-state index in [9.17, 15) is 4.79 Å². The third-order valence-corrected chi connectivity index (χ3v) is 4.74. The smallest absolute Gasteiger partial charge is 0.234 e. The van der Waals surface area contributed by atoms with Gasteiger partial charge >= 0.3 is 0 Å². The van der Waals surface area contributed by atoms with Crippen LogP contribution in [0.1, 0.15) is 11.4 Å². The van der Waals surface area contributed by atoms with Crippen LogP contribution in [0, 0.1) is 11.3 Å². The van der Waals surface area contributed by atoms with Crippen LogP contribution in [0.15, 0.2) is 47.6 Å². The summed E-state index contributed by atoms with van der Waals surface area (Å²) in [7, 11) is 0. The molecule has 142 valence electrons. The van der Waals surface area contributed by atoms with E-state index in [1.54, 1.807) is 36.4 Å². The van der Waals surface area contributed by atoms with Crippen LogP contribution >= 0.6 is 35.0 Å². The summed E-state index contributed by atoms with van der Waals surface area (Å²) in [5.74, 6) is 0.961. The molecular weight excluding hydrogens is 421 g/mol. The minimum Gasteiger partial charge on any atom is -0.486 e. The number of carbonyl (C=O) groups excluding carboxylic acids is 1. The molecule has 1 heterocycles. The van der Waals surface area contributed by atoms with E-state index in [0.717, 1.165) is 11.8 Å². The van der Waals surface area contributed by atoms with Crippen molar-refractivity contribution < 1.29 is 9.53 Å². The zero-order valence-electron chi connectivity index (χ0n) is 14.3. The fourth-order valence-corrected chi connectivity index (χ4v) is 3.04. The van der Waals surface area contributed by atoms with Crippen LogP contribution in [-0.4, -0.2) is 26.8 Å². The lowest BCUT2D eigenvalue weighted by Crippen LogP contribution is -2.15. The highest BCUT2D eigenvalue weighted by Crippen LogP contribution is 2.21. The number of amides is 1. The van der Waals surface area contributed by atoms with Crippen molar-refractivity contribution in [3.05, 3.63) is 63.9 Å². The zero-order chi connectivity index (χ0) is 19.9. The maximum absolute atomic E-state index is 12.1. The van der Waals surface area contributed by atoms with E-state index in [0.29, 0.717) is 38.0 Å². The van der Waals surface area contributed by atoms with E-state index < -0.39 is 0 Å². The Bertz CT molecular complexity index is 1020. The topological polar surface area (TPSA) is 104 Å². The van der Waals surface area contributed by atoms with Gasteiger partial charge in [-0.05, 0) is 42.5 Å². The number of ether oxygens (including phenoxy) is 1. The molecular formula is C18H13Cl2N5O2S. The number of halogens is 2. The van der Waals surface area contributed by atoms with Crippen LogP contribution < -0.4 is 10.1 Å². The Morgan fingerprint density at radius 1 is 1.21 bits per heavy atom. The second-order valence-corrected chi connectivity index (χ2v) is 7.26. The van der Waals surface area contributed by atoms with Crippen LogP contribution in [0.2, 0.25) is 10.0 Å². The number of hydrogen-bond acceptors (Lipinski definition) is 6. The van der Waals surface area contributed by atoms with Gasteiger partial charge in [-0.2, -0.15) is 5.26 Å². The molecule has 0 fully saturated rings. The maximum Gasteiger partial charge on any atom is 0.234 e. The number of aromatic nitrogens is 3. The van der Waals surface area contributed by atoms with Crippen LogP contribution in [0.4, 0.5) is 5.69 Å². The molecule has 0 aliphatic carbocycles. The number of nitrogens with zero attached hydrogens (tertiary/aromatic N) is 3. The highest BCUT2D eigenvalue weighted by molar-refractivity contribution is 7.99. The normalized spacial score (nSPS) is 10.3. The van der Waals surface area contributed by atoms with Gasteiger partial charge in [0.2, 0.25) is 11.1 Å². The van der Waals surface area contributed by atoms with Crippen LogP contribution in [0.3, 0.4) is 0 Å². The maximum atomic E-state index is 12.1. The van der Waals surface area contributed by atoms with Crippen LogP contribution in [0.5, 0.6) is 5.75 Å². The lowest BCUT2D eigenvalue weighted by atomic mass is 10.2. The number of nitriles is 1. The lowest BCUT2D eigenvalue weighted by Gasteiger charge is -2.06. The SMILES string of the molecule is N#Cc1ccc(Cl)cc1NC(=O)CSc1n[nH]c(COc2ccc(Cl)cc2)n1. The van der Waals surface area contributed by atoms with Gasteiger partial charge in [0, 0.05) is 10.0 Å². The van der Waals surface area contributed by atoms with E-state index in [4.69, 9.17) is 33.2 Å². The van der Waals surface area contributed by atoms with E-state index in [1.807, 2.05) is 6.07 Å². The predicted octanol–water partition coefficient (Wildman–Crippen LogP) is 4.29. The molecule has 7 nitrogen and oxygen atoms in total. The van der Waals surface area contributed by atoms with Crippen molar-refractivity contribution in [1.29, 1.82) is 5.26 Å². The van der Waals surface area contributed by atoms with Gasteiger partial charge in [0.1, 0.15) is 18.4 Å². The molecule has 3 rings (SSSR count). The molecule has 0 saturated carbocycles. The molecule has 0 aliphatic heterocycles. The molecule has 28 heavy (non-hydrogen) atoms. The third kappa shape index (κ3) is 5.63. The number of anilines is 1. The van der Waals surface area contributed by atoms with Crippen molar-refractivity contribution >= 4 is 46.6 Å². The number of hydrogen-bond donors (Lipinski definition) is 2. The molecule has 1 amide bonds. The molecule has 0 bridgehead atoms. The molecule has 2 N–H and O–H groups in total. The summed E-state index contributed by atoms with van der Waals surface area (Å²) in [5, 5.41) is 20.0. The minimum absolute atomic E-state index is 0.0761. The number of H-pyrrole nitrogens is 1. The number of aromatic amines is 1. The summed E-state index contributed by atoms with van der Waals surface area (Å²) in [6.07, 6.45) is 0. The molecule has 2 aromatic carbocycles. The first-order valence-corrected chi connectivity index (χ1v) is 9.69. The van der Waals surface area contributed by atoms with Gasteiger partial charge in [0.25, 0.3) is 0 Å². The first kappa shape index (κ1) is 20.0. The molecule has 0 atom stereocenters. The minimum atomic E-state index is -0.299. The monoisotopic (exact) mass is 433 g/mol. The largest absolute Gasteiger partial charge is 0.486 e. The van der Waals surface area contributed by atoms with E-state index in [-0.39, 0.29) is 18.3 Å². The highest BCUT2D eigenvalue weighted by atomic mass is 35.5. The average Bonchev–Trinajstić information content (AvgIpc) is 3.14. The number of benzene rings is 2. The van der Waals surface area contributed by atoms with E-state index in [2.05, 4.69) is 20.5 Å². The second-order valence-electron chi connectivity index (χ2n) is 5.45. The van der Waals surface area contributed by atoms with Crippen molar-refractivity contribution in [2.45, 2.75) is 11.8 Å². The van der Waals surface area contributed by atoms with Gasteiger partial charge in [-0.25, -0.2) is 4.98 Å². The van der Waals surface area contributed by atoms with Gasteiger partial charge in [-0.15, -0.1) is 5.10 Å². The number of carbonyl (C=O) groups is 1. The zero-order valence-corrected chi connectivity index (χ0v) is 16.6. The average molecular weight is 434 g/mol. The summed E-state index contributed by atoms with van der Waals surface area (Å²) in [5.41, 5.74) is 0.704. The standard InChI is InChI=1S/C18H13Cl2N5O2S/c19-12-3-5-14(6-4-12)27-9-16-23-18(25-24-16)28-10-17(26)22-15-7-13(20)2-1-11(15)8-21/h1-7H,9-10H2,(H,22,26)(H,23,24,25). The lowest BCUT2D eigenvalue weighted by molar-refractivity contribution is -0.113. The molecule has 3 aromatic rings. The van der Waals surface area contributed by atoms with Gasteiger partial charge in [-0.3, -0.25) is 9.89 Å². The molecule has 1 aromatic heterocycles. The summed E-state index contributed by atoms with van der Waals surface area (Å²) >= 11 is 12.9. The molecule has 10 heteroatoms. The van der Waals surface area contributed by atoms with Gasteiger partial charge in [0.05, 0.1) is 17.0 Å². The van der Waals surface area contributed by atoms with Crippen LogP contribution in [-0.2, 0) is 11.4 Å². The van der Waals surface area contributed by atoms with Crippen LogP contribution in [0.25, 0.3) is 0 Å². The number of nitrogens with one attached hydrogen (secondary N) is 2. The summed E-state index contributed by atoms with van der Waals surface area (Å²) in [4.78, 5) is 16.4. The summed E-state index contributed by atoms with van der Waals surface area (Å²) in [6.45, 7) is 0.204. The first-order chi connectivity index (χ1) is 13.5. The Balaban J connectivity index is 1.50. The van der Waals surface area contributed by atoms with Crippen molar-refractivity contribution in [2.75, 3.05) is 11.1 Å². The molecule has 0 unspecified atom stereocenters. The van der Waals surface area contributed by atoms with Crippen molar-refractivity contribution in [3.63, 3.8) is 0 Å². The Morgan fingerprint density at radius 3 is 2.71 bits per heavy atom. The number of rotatable bonds is 7. The van der Waals surface area contributed by atoms with Crippen molar-refractivity contribution in [3.8, 4) is 11.8 Å². The predicted molar refractivity (Wildman–Crippen MR) is 108 cm³/mol. The Kier molecular flexibility index (Phi) is 6.76. The number of thioether (sulfide) groups is 1. The Hall–Kier alpha value is -2.73. The fourth-order valence-electron chi connectivity index (χ4n) is 2.12. The second kappa shape index (κ2) is 9.46. The summed E-state index contributed by atoms with van der Waals surface area (Å²) < 4.78 is 5.58. The Labute approximate surface area is 175 Å². The summed E-state index contributed by atoms with van der Waals surface area (Å²) in [6, 6.07) is 13.6. The van der Waals surface area contributed by atoms with Gasteiger partial charge in [-0.1, -0.05) is 35.0 Å². The first-order valence-electron chi connectivity index (χ1n) is 7.95. The third-order valence-electron chi connectivity index (χ3n) is 3.41. The van der Waals surface area contributed by atoms with Gasteiger partial charge in [0.15, 0.2) is 5.82 Å². The molecule has 0 aliphatic rings. The van der Waals surface area contributed by atoms with E-state index >= 15 is 0 Å².